The molecule has 0 fully saturated rings. The van der Waals surface area contributed by atoms with Crippen molar-refractivity contribution in [1.82, 2.24) is 0 Å². The van der Waals surface area contributed by atoms with Gasteiger partial charge in [-0.15, -0.1) is 0 Å². The minimum atomic E-state index is -0.354. The van der Waals surface area contributed by atoms with Gasteiger partial charge in [0.1, 0.15) is 0 Å². The summed E-state index contributed by atoms with van der Waals surface area (Å²) in [6, 6.07) is 0. The summed E-state index contributed by atoms with van der Waals surface area (Å²) in [5, 5.41) is 8.62. The first-order valence-corrected chi connectivity index (χ1v) is 6.32. The number of esters is 1. The molecule has 0 spiro atoms. The van der Waals surface area contributed by atoms with Gasteiger partial charge in [0, 0.05) is 6.61 Å². The van der Waals surface area contributed by atoms with Crippen LogP contribution in [0.3, 0.4) is 0 Å². The first kappa shape index (κ1) is 15.4. The Kier molecular flexibility index (Phi) is 8.26. The maximum absolute atomic E-state index is 11.6. The summed E-state index contributed by atoms with van der Waals surface area (Å²) in [5.74, 6) is -0.0923. The number of aliphatic hydroxyl groups is 1. The Morgan fingerprint density at radius 2 is 1.69 bits per heavy atom. The number of carbonyl (C=O) groups excluding carboxylic acids is 1. The number of unbranched alkanes of at least 4 members (excludes halogenated alkanes) is 4. The van der Waals surface area contributed by atoms with Crippen molar-refractivity contribution in [2.45, 2.75) is 59.3 Å². The van der Waals surface area contributed by atoms with E-state index in [0.29, 0.717) is 6.61 Å². The second-order valence-corrected chi connectivity index (χ2v) is 4.85. The van der Waals surface area contributed by atoms with E-state index in [1.54, 1.807) is 0 Å². The first-order valence-electron chi connectivity index (χ1n) is 6.32. The lowest BCUT2D eigenvalue weighted by molar-refractivity contribution is -0.153. The summed E-state index contributed by atoms with van der Waals surface area (Å²) >= 11 is 0. The maximum Gasteiger partial charge on any atom is 0.311 e. The predicted octanol–water partition coefficient (Wildman–Crippen LogP) is 2.91. The van der Waals surface area contributed by atoms with Crippen molar-refractivity contribution in [3.05, 3.63) is 0 Å². The second-order valence-electron chi connectivity index (χ2n) is 4.85. The zero-order valence-corrected chi connectivity index (χ0v) is 10.9. The third kappa shape index (κ3) is 6.83. The summed E-state index contributed by atoms with van der Waals surface area (Å²) in [5.41, 5.74) is -0.354. The highest BCUT2D eigenvalue weighted by atomic mass is 16.5. The van der Waals surface area contributed by atoms with Crippen LogP contribution in [0.2, 0.25) is 0 Å². The average Bonchev–Trinajstić information content (AvgIpc) is 2.23. The van der Waals surface area contributed by atoms with Crippen LogP contribution in [-0.4, -0.2) is 24.3 Å². The van der Waals surface area contributed by atoms with Crippen molar-refractivity contribution >= 4 is 5.97 Å². The van der Waals surface area contributed by atoms with E-state index in [1.807, 2.05) is 20.8 Å². The summed E-state index contributed by atoms with van der Waals surface area (Å²) in [7, 11) is 0. The number of aliphatic hydroxyl groups excluding tert-OH is 1. The topological polar surface area (TPSA) is 46.5 Å². The molecule has 16 heavy (non-hydrogen) atoms. The molecule has 0 saturated carbocycles. The highest BCUT2D eigenvalue weighted by molar-refractivity contribution is 5.75. The predicted molar refractivity (Wildman–Crippen MR) is 65.2 cm³/mol. The molecule has 0 atom stereocenters. The smallest absolute Gasteiger partial charge is 0.311 e. The van der Waals surface area contributed by atoms with Crippen molar-refractivity contribution < 1.29 is 14.6 Å². The molecule has 96 valence electrons. The Hall–Kier alpha value is -0.570. The van der Waals surface area contributed by atoms with Crippen LogP contribution >= 0.6 is 0 Å². The van der Waals surface area contributed by atoms with Crippen LogP contribution < -0.4 is 0 Å². The molecule has 0 aliphatic carbocycles. The summed E-state index contributed by atoms with van der Waals surface area (Å²) in [6.45, 7) is 6.47. The number of carbonyl (C=O) groups is 1. The maximum atomic E-state index is 11.6. The molecule has 0 aliphatic rings. The van der Waals surface area contributed by atoms with E-state index < -0.39 is 0 Å². The van der Waals surface area contributed by atoms with Crippen LogP contribution in [-0.2, 0) is 9.53 Å². The van der Waals surface area contributed by atoms with Crippen LogP contribution in [0, 0.1) is 5.41 Å². The molecule has 0 rings (SSSR count). The van der Waals surface area contributed by atoms with Crippen LogP contribution in [0.1, 0.15) is 59.3 Å². The molecular formula is C13H26O3. The molecule has 3 heteroatoms. The SMILES string of the molecule is CCOC(=O)C(C)(C)CCCCCCCO. The lowest BCUT2D eigenvalue weighted by Gasteiger charge is -2.21. The van der Waals surface area contributed by atoms with E-state index in [2.05, 4.69) is 0 Å². The van der Waals surface area contributed by atoms with E-state index in [1.165, 1.54) is 0 Å². The van der Waals surface area contributed by atoms with E-state index in [4.69, 9.17) is 9.84 Å². The molecule has 0 aromatic heterocycles. The van der Waals surface area contributed by atoms with Gasteiger partial charge in [0.2, 0.25) is 0 Å². The van der Waals surface area contributed by atoms with E-state index in [-0.39, 0.29) is 18.0 Å². The molecular weight excluding hydrogens is 204 g/mol. The molecule has 0 bridgehead atoms. The van der Waals surface area contributed by atoms with Gasteiger partial charge in [-0.1, -0.05) is 25.7 Å². The van der Waals surface area contributed by atoms with Gasteiger partial charge in [0.15, 0.2) is 0 Å². The zero-order valence-electron chi connectivity index (χ0n) is 10.9. The highest BCUT2D eigenvalue weighted by Crippen LogP contribution is 2.25. The molecule has 0 aromatic carbocycles. The zero-order chi connectivity index (χ0) is 12.4. The van der Waals surface area contributed by atoms with Crippen LogP contribution in [0.4, 0.5) is 0 Å². The van der Waals surface area contributed by atoms with Crippen molar-refractivity contribution in [2.75, 3.05) is 13.2 Å². The fraction of sp³-hybridized carbons (Fsp3) is 0.923. The third-order valence-corrected chi connectivity index (χ3v) is 2.79. The standard InChI is InChI=1S/C13H26O3/c1-4-16-12(15)13(2,3)10-8-6-5-7-9-11-14/h14H,4-11H2,1-3H3. The molecule has 1 N–H and O–H groups in total. The number of rotatable bonds is 9. The summed E-state index contributed by atoms with van der Waals surface area (Å²) in [4.78, 5) is 11.6. The third-order valence-electron chi connectivity index (χ3n) is 2.79. The summed E-state index contributed by atoms with van der Waals surface area (Å²) in [6.07, 6.45) is 6.17. The Labute approximate surface area is 99.2 Å². The van der Waals surface area contributed by atoms with Crippen molar-refractivity contribution in [1.29, 1.82) is 0 Å². The fourth-order valence-electron chi connectivity index (χ4n) is 1.64. The van der Waals surface area contributed by atoms with E-state index in [9.17, 15) is 4.79 Å². The van der Waals surface area contributed by atoms with Crippen LogP contribution in [0.15, 0.2) is 0 Å². The van der Waals surface area contributed by atoms with Crippen molar-refractivity contribution in [3.63, 3.8) is 0 Å². The lowest BCUT2D eigenvalue weighted by Crippen LogP contribution is -2.26. The van der Waals surface area contributed by atoms with Crippen LogP contribution in [0.25, 0.3) is 0 Å². The first-order chi connectivity index (χ1) is 7.54. The van der Waals surface area contributed by atoms with Gasteiger partial charge < -0.3 is 9.84 Å². The Bertz CT molecular complexity index is 188. The van der Waals surface area contributed by atoms with Gasteiger partial charge in [-0.25, -0.2) is 0 Å². The highest BCUT2D eigenvalue weighted by Gasteiger charge is 2.28. The minimum absolute atomic E-state index is 0.0923. The molecule has 0 unspecified atom stereocenters. The van der Waals surface area contributed by atoms with Crippen molar-refractivity contribution in [3.8, 4) is 0 Å². The Balaban J connectivity index is 3.61. The molecule has 3 nitrogen and oxygen atoms in total. The van der Waals surface area contributed by atoms with E-state index in [0.717, 1.165) is 38.5 Å². The number of hydrogen-bond acceptors (Lipinski definition) is 3. The molecule has 0 heterocycles. The Morgan fingerprint density at radius 1 is 1.12 bits per heavy atom. The Morgan fingerprint density at radius 3 is 2.25 bits per heavy atom. The lowest BCUT2D eigenvalue weighted by atomic mass is 9.87. The number of hydrogen-bond donors (Lipinski definition) is 1. The molecule has 0 aromatic rings. The fourth-order valence-corrected chi connectivity index (χ4v) is 1.64. The van der Waals surface area contributed by atoms with Crippen molar-refractivity contribution in [2.24, 2.45) is 5.41 Å². The monoisotopic (exact) mass is 230 g/mol. The van der Waals surface area contributed by atoms with Gasteiger partial charge in [0.25, 0.3) is 0 Å². The van der Waals surface area contributed by atoms with Crippen LogP contribution in [0.5, 0.6) is 0 Å². The molecule has 0 saturated heterocycles. The largest absolute Gasteiger partial charge is 0.466 e. The van der Waals surface area contributed by atoms with Gasteiger partial charge in [-0.2, -0.15) is 0 Å². The quantitative estimate of drug-likeness (QED) is 0.489. The van der Waals surface area contributed by atoms with Gasteiger partial charge in [-0.3, -0.25) is 4.79 Å². The molecule has 0 aliphatic heterocycles. The van der Waals surface area contributed by atoms with Gasteiger partial charge in [0.05, 0.1) is 12.0 Å². The normalized spacial score (nSPS) is 11.5. The number of ether oxygens (including phenoxy) is 1. The molecule has 0 radical (unpaired) electrons. The van der Waals surface area contributed by atoms with E-state index >= 15 is 0 Å². The average molecular weight is 230 g/mol. The molecule has 0 amide bonds. The summed E-state index contributed by atoms with van der Waals surface area (Å²) < 4.78 is 5.03. The second kappa shape index (κ2) is 8.57. The van der Waals surface area contributed by atoms with Gasteiger partial charge >= 0.3 is 5.97 Å². The van der Waals surface area contributed by atoms with Gasteiger partial charge in [-0.05, 0) is 33.6 Å². The minimum Gasteiger partial charge on any atom is -0.466 e.